The molecule has 0 unspecified atom stereocenters. The quantitative estimate of drug-likeness (QED) is 0.661. The predicted octanol–water partition coefficient (Wildman–Crippen LogP) is 4.60. The summed E-state index contributed by atoms with van der Waals surface area (Å²) in [5, 5.41) is 0. The zero-order valence-corrected chi connectivity index (χ0v) is 15.4. The summed E-state index contributed by atoms with van der Waals surface area (Å²) in [7, 11) is 0. The van der Waals surface area contributed by atoms with Gasteiger partial charge in [0.25, 0.3) is 0 Å². The van der Waals surface area contributed by atoms with Crippen molar-refractivity contribution in [3.05, 3.63) is 52.9 Å². The third-order valence-corrected chi connectivity index (χ3v) is 5.32. The molecule has 4 nitrogen and oxygen atoms in total. The van der Waals surface area contributed by atoms with Gasteiger partial charge in [0.05, 0.1) is 11.0 Å². The van der Waals surface area contributed by atoms with E-state index in [-0.39, 0.29) is 0 Å². The van der Waals surface area contributed by atoms with E-state index >= 15 is 0 Å². The molecular weight excluding hydrogens is 364 g/mol. The molecule has 1 saturated heterocycles. The number of pyridine rings is 1. The Labute approximate surface area is 150 Å². The van der Waals surface area contributed by atoms with Gasteiger partial charge >= 0.3 is 0 Å². The number of para-hydroxylation sites is 2. The molecule has 3 heterocycles. The van der Waals surface area contributed by atoms with Crippen molar-refractivity contribution in [1.82, 2.24) is 14.5 Å². The van der Waals surface area contributed by atoms with Crippen molar-refractivity contribution < 1.29 is 0 Å². The van der Waals surface area contributed by atoms with Crippen LogP contribution in [0.5, 0.6) is 0 Å². The van der Waals surface area contributed by atoms with Crippen LogP contribution < -0.4 is 4.90 Å². The van der Waals surface area contributed by atoms with Crippen LogP contribution in [0.1, 0.15) is 31.6 Å². The number of halogens is 1. The Balaban J connectivity index is 1.57. The molecule has 1 aromatic carbocycles. The van der Waals surface area contributed by atoms with Gasteiger partial charge in [0.2, 0.25) is 0 Å². The van der Waals surface area contributed by atoms with Gasteiger partial charge in [-0.25, -0.2) is 9.97 Å². The van der Waals surface area contributed by atoms with Gasteiger partial charge in [-0.3, -0.25) is 0 Å². The fourth-order valence-corrected chi connectivity index (χ4v) is 3.89. The number of anilines is 1. The number of aromatic nitrogens is 3. The normalized spacial score (nSPS) is 16.0. The number of hydrogen-bond donors (Lipinski definition) is 0. The van der Waals surface area contributed by atoms with E-state index < -0.39 is 0 Å². The summed E-state index contributed by atoms with van der Waals surface area (Å²) in [5.41, 5.74) is 2.39. The second-order valence-electron chi connectivity index (χ2n) is 6.29. The van der Waals surface area contributed by atoms with Gasteiger partial charge in [0.1, 0.15) is 11.6 Å². The van der Waals surface area contributed by atoms with Crippen molar-refractivity contribution in [2.45, 2.75) is 32.2 Å². The molecule has 1 aliphatic rings. The Morgan fingerprint density at radius 2 is 1.92 bits per heavy atom. The number of nitrogens with zero attached hydrogens (tertiary/aromatic N) is 4. The third kappa shape index (κ3) is 2.81. The molecule has 5 heteroatoms. The van der Waals surface area contributed by atoms with Crippen LogP contribution in [0.4, 0.5) is 5.82 Å². The van der Waals surface area contributed by atoms with Gasteiger partial charge in [-0.1, -0.05) is 19.1 Å². The monoisotopic (exact) mass is 384 g/mol. The van der Waals surface area contributed by atoms with Gasteiger partial charge in [0.15, 0.2) is 0 Å². The van der Waals surface area contributed by atoms with Crippen molar-refractivity contribution >= 4 is 32.8 Å². The lowest BCUT2D eigenvalue weighted by molar-refractivity contribution is 0.394. The van der Waals surface area contributed by atoms with Crippen molar-refractivity contribution in [3.8, 4) is 0 Å². The van der Waals surface area contributed by atoms with E-state index in [2.05, 4.69) is 73.7 Å². The minimum absolute atomic E-state index is 0.527. The molecule has 124 valence electrons. The zero-order valence-electron chi connectivity index (χ0n) is 13.8. The van der Waals surface area contributed by atoms with Crippen LogP contribution in [0.3, 0.4) is 0 Å². The highest BCUT2D eigenvalue weighted by atomic mass is 79.9. The Morgan fingerprint density at radius 1 is 1.12 bits per heavy atom. The van der Waals surface area contributed by atoms with E-state index in [4.69, 9.17) is 4.98 Å². The lowest BCUT2D eigenvalue weighted by Crippen LogP contribution is -2.35. The number of benzene rings is 1. The number of hydrogen-bond acceptors (Lipinski definition) is 3. The van der Waals surface area contributed by atoms with Gasteiger partial charge in [0, 0.05) is 36.2 Å². The Morgan fingerprint density at radius 3 is 2.62 bits per heavy atom. The fraction of sp³-hybridized carbons (Fsp3) is 0.368. The van der Waals surface area contributed by atoms with Crippen molar-refractivity contribution in [3.63, 3.8) is 0 Å². The van der Waals surface area contributed by atoms with Crippen molar-refractivity contribution in [2.24, 2.45) is 0 Å². The molecule has 0 saturated carbocycles. The molecule has 4 rings (SSSR count). The molecule has 3 aromatic rings. The average molecular weight is 385 g/mol. The zero-order chi connectivity index (χ0) is 16.5. The van der Waals surface area contributed by atoms with Gasteiger partial charge in [-0.2, -0.15) is 0 Å². The van der Waals surface area contributed by atoms with E-state index in [9.17, 15) is 0 Å². The standard InChI is InChI=1S/C19H21BrN4/c1-2-18-22-16-5-3-4-6-17(16)24(18)15-9-11-23(12-10-15)19-8-7-14(20)13-21-19/h3-8,13,15H,2,9-12H2,1H3. The second kappa shape index (κ2) is 6.55. The Kier molecular flexibility index (Phi) is 4.27. The number of fused-ring (bicyclic) bond motifs is 1. The van der Waals surface area contributed by atoms with E-state index in [1.807, 2.05) is 6.20 Å². The number of piperidine rings is 1. The largest absolute Gasteiger partial charge is 0.356 e. The molecule has 1 fully saturated rings. The number of rotatable bonds is 3. The average Bonchev–Trinajstić information content (AvgIpc) is 3.01. The smallest absolute Gasteiger partial charge is 0.128 e. The van der Waals surface area contributed by atoms with Crippen LogP contribution in [-0.2, 0) is 6.42 Å². The molecule has 1 aliphatic heterocycles. The summed E-state index contributed by atoms with van der Waals surface area (Å²) in [6.07, 6.45) is 5.11. The van der Waals surface area contributed by atoms with Gasteiger partial charge in [-0.15, -0.1) is 0 Å². The highest BCUT2D eigenvalue weighted by molar-refractivity contribution is 9.10. The maximum atomic E-state index is 4.83. The summed E-state index contributed by atoms with van der Waals surface area (Å²) in [4.78, 5) is 11.7. The first-order chi connectivity index (χ1) is 11.8. The minimum atomic E-state index is 0.527. The van der Waals surface area contributed by atoms with Crippen LogP contribution >= 0.6 is 15.9 Å². The molecular formula is C19H21BrN4. The number of aryl methyl sites for hydroxylation is 1. The first-order valence-electron chi connectivity index (χ1n) is 8.58. The van der Waals surface area contributed by atoms with Crippen LogP contribution in [-0.4, -0.2) is 27.6 Å². The molecule has 0 radical (unpaired) electrons. The molecule has 0 aliphatic carbocycles. The Hall–Kier alpha value is -1.88. The van der Waals surface area contributed by atoms with E-state index in [0.29, 0.717) is 6.04 Å². The molecule has 24 heavy (non-hydrogen) atoms. The summed E-state index contributed by atoms with van der Waals surface area (Å²) < 4.78 is 3.50. The molecule has 0 bridgehead atoms. The predicted molar refractivity (Wildman–Crippen MR) is 102 cm³/mol. The first kappa shape index (κ1) is 15.6. The molecule has 2 aromatic heterocycles. The number of imidazole rings is 1. The summed E-state index contributed by atoms with van der Waals surface area (Å²) in [6.45, 7) is 4.27. The summed E-state index contributed by atoms with van der Waals surface area (Å²) >= 11 is 3.45. The van der Waals surface area contributed by atoms with Gasteiger partial charge in [-0.05, 0) is 53.0 Å². The van der Waals surface area contributed by atoms with Crippen LogP contribution in [0.15, 0.2) is 47.1 Å². The van der Waals surface area contributed by atoms with E-state index in [1.54, 1.807) is 0 Å². The molecule has 0 spiro atoms. The summed E-state index contributed by atoms with van der Waals surface area (Å²) in [6, 6.07) is 13.2. The summed E-state index contributed by atoms with van der Waals surface area (Å²) in [5.74, 6) is 2.28. The van der Waals surface area contributed by atoms with Crippen LogP contribution in [0.2, 0.25) is 0 Å². The van der Waals surface area contributed by atoms with E-state index in [0.717, 1.165) is 48.2 Å². The van der Waals surface area contributed by atoms with Crippen LogP contribution in [0.25, 0.3) is 11.0 Å². The van der Waals surface area contributed by atoms with Crippen molar-refractivity contribution in [1.29, 1.82) is 0 Å². The fourth-order valence-electron chi connectivity index (χ4n) is 3.66. The van der Waals surface area contributed by atoms with E-state index in [1.165, 1.54) is 11.3 Å². The van der Waals surface area contributed by atoms with Crippen molar-refractivity contribution in [2.75, 3.05) is 18.0 Å². The minimum Gasteiger partial charge on any atom is -0.356 e. The lowest BCUT2D eigenvalue weighted by atomic mass is 10.0. The molecule has 0 amide bonds. The van der Waals surface area contributed by atoms with Gasteiger partial charge < -0.3 is 9.47 Å². The highest BCUT2D eigenvalue weighted by Crippen LogP contribution is 2.30. The molecule has 0 N–H and O–H groups in total. The SMILES string of the molecule is CCc1nc2ccccc2n1C1CCN(c2ccc(Br)cn2)CC1. The second-order valence-corrected chi connectivity index (χ2v) is 7.21. The topological polar surface area (TPSA) is 34.0 Å². The lowest BCUT2D eigenvalue weighted by Gasteiger charge is -2.34. The Bertz CT molecular complexity index is 832. The maximum absolute atomic E-state index is 4.83. The highest BCUT2D eigenvalue weighted by Gasteiger charge is 2.24. The molecule has 0 atom stereocenters. The maximum Gasteiger partial charge on any atom is 0.128 e. The van der Waals surface area contributed by atoms with Crippen LogP contribution in [0, 0.1) is 0 Å². The third-order valence-electron chi connectivity index (χ3n) is 4.85. The first-order valence-corrected chi connectivity index (χ1v) is 9.38.